The van der Waals surface area contributed by atoms with Crippen molar-refractivity contribution in [3.05, 3.63) is 206 Å². The van der Waals surface area contributed by atoms with Crippen LogP contribution in [0.1, 0.15) is 0 Å². The van der Waals surface area contributed by atoms with Crippen molar-refractivity contribution in [3.63, 3.8) is 0 Å². The Morgan fingerprint density at radius 2 is 0.877 bits per heavy atom. The van der Waals surface area contributed by atoms with Gasteiger partial charge in [-0.05, 0) is 105 Å². The molecular formula is C53H34N2O2. The second-order valence-corrected chi connectivity index (χ2v) is 14.4. The van der Waals surface area contributed by atoms with Crippen LogP contribution in [0.5, 0.6) is 0 Å². The van der Waals surface area contributed by atoms with Gasteiger partial charge in [0.2, 0.25) is 5.89 Å². The zero-order chi connectivity index (χ0) is 37.7. The van der Waals surface area contributed by atoms with Gasteiger partial charge in [0, 0.05) is 44.9 Å². The highest BCUT2D eigenvalue weighted by Gasteiger charge is 2.19. The third-order valence-electron chi connectivity index (χ3n) is 10.9. The van der Waals surface area contributed by atoms with Crippen molar-refractivity contribution in [2.24, 2.45) is 0 Å². The van der Waals surface area contributed by atoms with E-state index >= 15 is 0 Å². The van der Waals surface area contributed by atoms with Crippen LogP contribution in [0, 0.1) is 0 Å². The minimum Gasteiger partial charge on any atom is -0.455 e. The first-order valence-corrected chi connectivity index (χ1v) is 19.2. The maximum absolute atomic E-state index is 6.81. The van der Waals surface area contributed by atoms with E-state index < -0.39 is 0 Å². The van der Waals surface area contributed by atoms with E-state index in [0.717, 1.165) is 77.6 Å². The van der Waals surface area contributed by atoms with E-state index in [4.69, 9.17) is 13.8 Å². The fourth-order valence-electron chi connectivity index (χ4n) is 8.08. The van der Waals surface area contributed by atoms with Gasteiger partial charge < -0.3 is 13.7 Å². The van der Waals surface area contributed by atoms with Crippen molar-refractivity contribution in [1.82, 2.24) is 4.98 Å². The van der Waals surface area contributed by atoms with Gasteiger partial charge in [-0.3, -0.25) is 0 Å². The van der Waals surface area contributed by atoms with Crippen LogP contribution in [-0.4, -0.2) is 4.98 Å². The average molecular weight is 731 g/mol. The highest BCUT2D eigenvalue weighted by molar-refractivity contribution is 6.19. The number of furan rings is 1. The van der Waals surface area contributed by atoms with Crippen LogP contribution in [-0.2, 0) is 0 Å². The molecular weight excluding hydrogens is 697 g/mol. The number of rotatable bonds is 7. The molecule has 57 heavy (non-hydrogen) atoms. The largest absolute Gasteiger partial charge is 0.455 e. The fourth-order valence-corrected chi connectivity index (χ4v) is 8.08. The second-order valence-electron chi connectivity index (χ2n) is 14.4. The number of aromatic nitrogens is 1. The molecule has 11 aromatic rings. The summed E-state index contributed by atoms with van der Waals surface area (Å²) in [5, 5.41) is 4.33. The molecule has 0 unspecified atom stereocenters. The molecule has 0 bridgehead atoms. The lowest BCUT2D eigenvalue weighted by atomic mass is 9.95. The monoisotopic (exact) mass is 730 g/mol. The van der Waals surface area contributed by atoms with Gasteiger partial charge in [-0.25, -0.2) is 4.98 Å². The Kier molecular flexibility index (Phi) is 7.78. The maximum Gasteiger partial charge on any atom is 0.227 e. The van der Waals surface area contributed by atoms with E-state index in [1.807, 2.05) is 42.5 Å². The predicted molar refractivity (Wildman–Crippen MR) is 235 cm³/mol. The summed E-state index contributed by atoms with van der Waals surface area (Å²) in [6.45, 7) is 0. The summed E-state index contributed by atoms with van der Waals surface area (Å²) >= 11 is 0. The number of oxazole rings is 1. The summed E-state index contributed by atoms with van der Waals surface area (Å²) in [6, 6.07) is 72.2. The zero-order valence-corrected chi connectivity index (χ0v) is 30.8. The Morgan fingerprint density at radius 1 is 0.333 bits per heavy atom. The van der Waals surface area contributed by atoms with Gasteiger partial charge >= 0.3 is 0 Å². The van der Waals surface area contributed by atoms with Crippen molar-refractivity contribution >= 4 is 60.9 Å². The lowest BCUT2D eigenvalue weighted by molar-refractivity contribution is 0.620. The molecule has 0 aliphatic rings. The summed E-state index contributed by atoms with van der Waals surface area (Å²) in [5.41, 5.74) is 14.4. The quantitative estimate of drug-likeness (QED) is 0.164. The predicted octanol–water partition coefficient (Wildman–Crippen LogP) is 15.0. The fraction of sp³-hybridized carbons (Fsp3) is 0. The van der Waals surface area contributed by atoms with Crippen molar-refractivity contribution in [2.45, 2.75) is 0 Å². The highest BCUT2D eigenvalue weighted by atomic mass is 16.3. The molecule has 0 amide bonds. The molecule has 0 N–H and O–H groups in total. The summed E-state index contributed by atoms with van der Waals surface area (Å²) in [6.07, 6.45) is 0. The van der Waals surface area contributed by atoms with Gasteiger partial charge in [0.1, 0.15) is 16.7 Å². The molecule has 0 saturated heterocycles. The molecule has 2 heterocycles. The van der Waals surface area contributed by atoms with Crippen LogP contribution in [0.3, 0.4) is 0 Å². The van der Waals surface area contributed by atoms with E-state index in [1.165, 1.54) is 22.3 Å². The molecule has 0 saturated carbocycles. The molecule has 4 heteroatoms. The molecule has 0 fully saturated rings. The minimum atomic E-state index is 0.619. The van der Waals surface area contributed by atoms with Gasteiger partial charge in [0.15, 0.2) is 5.58 Å². The Balaban J connectivity index is 0.985. The van der Waals surface area contributed by atoms with Gasteiger partial charge in [0.05, 0.1) is 0 Å². The molecule has 0 atom stereocenters. The molecule has 11 rings (SSSR count). The number of benzene rings is 9. The van der Waals surface area contributed by atoms with E-state index in [2.05, 4.69) is 169 Å². The smallest absolute Gasteiger partial charge is 0.227 e. The van der Waals surface area contributed by atoms with Crippen LogP contribution in [0.15, 0.2) is 215 Å². The van der Waals surface area contributed by atoms with E-state index in [1.54, 1.807) is 0 Å². The molecule has 0 aliphatic heterocycles. The maximum atomic E-state index is 6.81. The van der Waals surface area contributed by atoms with Crippen LogP contribution in [0.25, 0.3) is 88.6 Å². The van der Waals surface area contributed by atoms with Crippen molar-refractivity contribution in [3.8, 4) is 44.8 Å². The summed E-state index contributed by atoms with van der Waals surface area (Å²) in [7, 11) is 0. The van der Waals surface area contributed by atoms with E-state index in [0.29, 0.717) is 5.89 Å². The number of nitrogens with zero attached hydrogens (tertiary/aromatic N) is 2. The topological polar surface area (TPSA) is 42.4 Å². The van der Waals surface area contributed by atoms with Gasteiger partial charge in [-0.1, -0.05) is 133 Å². The molecule has 0 aliphatic carbocycles. The summed E-state index contributed by atoms with van der Waals surface area (Å²) in [4.78, 5) is 7.16. The lowest BCUT2D eigenvalue weighted by Crippen LogP contribution is -2.09. The van der Waals surface area contributed by atoms with E-state index in [9.17, 15) is 0 Å². The number of anilines is 3. The summed E-state index contributed by atoms with van der Waals surface area (Å²) in [5.74, 6) is 0.619. The Morgan fingerprint density at radius 3 is 1.58 bits per heavy atom. The van der Waals surface area contributed by atoms with Crippen LogP contribution in [0.4, 0.5) is 17.1 Å². The molecule has 9 aromatic carbocycles. The molecule has 4 nitrogen and oxygen atoms in total. The van der Waals surface area contributed by atoms with Crippen molar-refractivity contribution in [2.75, 3.05) is 4.90 Å². The second kappa shape index (κ2) is 13.6. The SMILES string of the molecule is c1ccc(-c2ccc(-c3ccc(N(c4ccccc4)c4ccc5c(c4)oc4c6ccccc6c(-c6ccc7oc(-c8ccccc8)nc7c6)cc54)cc3)cc2)cc1. The van der Waals surface area contributed by atoms with Crippen LogP contribution >= 0.6 is 0 Å². The Labute approximate surface area is 329 Å². The number of fused-ring (bicyclic) bond motifs is 6. The van der Waals surface area contributed by atoms with Crippen molar-refractivity contribution < 1.29 is 8.83 Å². The first-order chi connectivity index (χ1) is 28.2. The lowest BCUT2D eigenvalue weighted by Gasteiger charge is -2.25. The van der Waals surface area contributed by atoms with Gasteiger partial charge in [-0.2, -0.15) is 0 Å². The number of para-hydroxylation sites is 1. The molecule has 0 radical (unpaired) electrons. The standard InChI is InChI=1S/C53H34N2O2/c1-4-12-35(13-5-1)36-20-22-37(23-21-36)38-24-27-42(28-25-38)55(41-16-8-3-9-17-41)43-29-30-45-48-34-47(44-18-10-11-19-46(44)52(48)56-51(45)33-43)40-26-31-50-49(32-40)54-53(57-50)39-14-6-2-7-15-39/h1-34H. The first kappa shape index (κ1) is 32.7. The Bertz CT molecular complexity index is 3200. The van der Waals surface area contributed by atoms with Crippen LogP contribution in [0.2, 0.25) is 0 Å². The molecule has 268 valence electrons. The minimum absolute atomic E-state index is 0.619. The van der Waals surface area contributed by atoms with Gasteiger partial charge in [-0.15, -0.1) is 0 Å². The Hall–Kier alpha value is -7.69. The molecule has 2 aromatic heterocycles. The average Bonchev–Trinajstić information content (AvgIpc) is 3.89. The highest BCUT2D eigenvalue weighted by Crippen LogP contribution is 2.43. The number of hydrogen-bond donors (Lipinski definition) is 0. The number of hydrogen-bond acceptors (Lipinski definition) is 4. The molecule has 0 spiro atoms. The zero-order valence-electron chi connectivity index (χ0n) is 30.8. The van der Waals surface area contributed by atoms with Gasteiger partial charge in [0.25, 0.3) is 0 Å². The first-order valence-electron chi connectivity index (χ1n) is 19.2. The summed E-state index contributed by atoms with van der Waals surface area (Å²) < 4.78 is 13.0. The third kappa shape index (κ3) is 5.83. The van der Waals surface area contributed by atoms with Crippen LogP contribution < -0.4 is 4.90 Å². The third-order valence-corrected chi connectivity index (χ3v) is 10.9. The van der Waals surface area contributed by atoms with E-state index in [-0.39, 0.29) is 0 Å². The van der Waals surface area contributed by atoms with Crippen molar-refractivity contribution in [1.29, 1.82) is 0 Å². The normalized spacial score (nSPS) is 11.5.